The van der Waals surface area contributed by atoms with Crippen LogP contribution in [-0.4, -0.2) is 26.2 Å². The smallest absolute Gasteiger partial charge is 0.371 e. The van der Waals surface area contributed by atoms with Crippen LogP contribution in [0.4, 0.5) is 18.9 Å². The summed E-state index contributed by atoms with van der Waals surface area (Å²) in [7, 11) is 0. The molecule has 0 bridgehead atoms. The number of rotatable bonds is 2. The second kappa shape index (κ2) is 6.11. The van der Waals surface area contributed by atoms with E-state index in [2.05, 4.69) is 17.1 Å². The predicted molar refractivity (Wildman–Crippen MR) is 82.3 cm³/mol. The molecule has 1 atom stereocenters. The van der Waals surface area contributed by atoms with Crippen LogP contribution >= 0.6 is 0 Å². The average molecular weight is 312 g/mol. The molecule has 0 amide bonds. The minimum atomic E-state index is -4.27. The highest BCUT2D eigenvalue weighted by atomic mass is 19.4. The lowest BCUT2D eigenvalue weighted by Gasteiger charge is -2.30. The second-order valence-electron chi connectivity index (χ2n) is 6.64. The van der Waals surface area contributed by atoms with Crippen LogP contribution < -0.4 is 10.2 Å². The molecule has 2 fully saturated rings. The number of halogens is 3. The fourth-order valence-corrected chi connectivity index (χ4v) is 3.63. The first-order valence-corrected chi connectivity index (χ1v) is 8.12. The molecular formula is C17H23F3N2. The van der Waals surface area contributed by atoms with Gasteiger partial charge in [-0.15, -0.1) is 0 Å². The quantitative estimate of drug-likeness (QED) is 0.887. The van der Waals surface area contributed by atoms with Crippen molar-refractivity contribution >= 4 is 5.69 Å². The number of hydrogen-bond acceptors (Lipinski definition) is 2. The van der Waals surface area contributed by atoms with E-state index in [4.69, 9.17) is 0 Å². The molecule has 22 heavy (non-hydrogen) atoms. The number of anilines is 1. The molecule has 0 aliphatic carbocycles. The molecule has 2 aliphatic rings. The Morgan fingerprint density at radius 3 is 2.45 bits per heavy atom. The zero-order chi connectivity index (χ0) is 15.7. The summed E-state index contributed by atoms with van der Waals surface area (Å²) in [4.78, 5) is 2.15. The normalized spacial score (nSPS) is 24.0. The highest BCUT2D eigenvalue weighted by Crippen LogP contribution is 2.39. The van der Waals surface area contributed by atoms with Gasteiger partial charge >= 0.3 is 6.18 Å². The zero-order valence-corrected chi connectivity index (χ0v) is 12.9. The molecule has 122 valence electrons. The predicted octanol–water partition coefficient (Wildman–Crippen LogP) is 4.02. The van der Waals surface area contributed by atoms with Gasteiger partial charge in [0.15, 0.2) is 0 Å². The zero-order valence-electron chi connectivity index (χ0n) is 12.9. The Bertz CT molecular complexity index is 521. The van der Waals surface area contributed by atoms with Crippen molar-refractivity contribution in [1.82, 2.24) is 5.32 Å². The van der Waals surface area contributed by atoms with Gasteiger partial charge in [-0.05, 0) is 61.9 Å². The molecule has 2 nitrogen and oxygen atoms in total. The van der Waals surface area contributed by atoms with Gasteiger partial charge in [0.05, 0.1) is 5.56 Å². The number of hydrogen-bond donors (Lipinski definition) is 1. The van der Waals surface area contributed by atoms with Gasteiger partial charge < -0.3 is 10.2 Å². The number of nitrogens with zero attached hydrogens (tertiary/aromatic N) is 1. The van der Waals surface area contributed by atoms with E-state index in [1.54, 1.807) is 6.07 Å². The van der Waals surface area contributed by atoms with E-state index in [-0.39, 0.29) is 0 Å². The van der Waals surface area contributed by atoms with E-state index in [9.17, 15) is 13.2 Å². The Labute approximate surface area is 129 Å². The Hall–Kier alpha value is -1.23. The van der Waals surface area contributed by atoms with Gasteiger partial charge in [-0.2, -0.15) is 13.2 Å². The van der Waals surface area contributed by atoms with Crippen molar-refractivity contribution < 1.29 is 13.2 Å². The highest BCUT2D eigenvalue weighted by Gasteiger charge is 2.33. The third-order valence-electron chi connectivity index (χ3n) is 4.90. The van der Waals surface area contributed by atoms with E-state index in [0.29, 0.717) is 11.8 Å². The van der Waals surface area contributed by atoms with Crippen LogP contribution in [0.25, 0.3) is 0 Å². The van der Waals surface area contributed by atoms with E-state index in [1.165, 1.54) is 12.1 Å². The lowest BCUT2D eigenvalue weighted by molar-refractivity contribution is -0.137. The Morgan fingerprint density at radius 1 is 1.14 bits per heavy atom. The summed E-state index contributed by atoms with van der Waals surface area (Å²) in [5.41, 5.74) is 1.38. The summed E-state index contributed by atoms with van der Waals surface area (Å²) in [6.07, 6.45) is -1.21. The highest BCUT2D eigenvalue weighted by molar-refractivity contribution is 5.58. The Kier molecular flexibility index (Phi) is 4.35. The minimum Gasteiger partial charge on any atom is -0.371 e. The molecule has 1 N–H and O–H groups in total. The average Bonchev–Trinajstić information content (AvgIpc) is 2.93. The van der Waals surface area contributed by atoms with Gasteiger partial charge in [0, 0.05) is 18.8 Å². The van der Waals surface area contributed by atoms with Crippen LogP contribution in [0.15, 0.2) is 18.2 Å². The summed E-state index contributed by atoms with van der Waals surface area (Å²) < 4.78 is 39.2. The number of nitrogens with one attached hydrogen (secondary N) is 1. The van der Waals surface area contributed by atoms with Crippen LogP contribution in [0.1, 0.15) is 43.2 Å². The molecule has 0 saturated carbocycles. The molecule has 2 aliphatic heterocycles. The van der Waals surface area contributed by atoms with E-state index in [0.717, 1.165) is 56.7 Å². The van der Waals surface area contributed by atoms with Crippen molar-refractivity contribution in [2.75, 3.05) is 31.1 Å². The largest absolute Gasteiger partial charge is 0.416 e. The van der Waals surface area contributed by atoms with Gasteiger partial charge in [-0.1, -0.05) is 13.0 Å². The van der Waals surface area contributed by atoms with Crippen LogP contribution in [0.2, 0.25) is 0 Å². The van der Waals surface area contributed by atoms with Crippen molar-refractivity contribution in [2.45, 2.75) is 38.3 Å². The lowest BCUT2D eigenvalue weighted by Crippen LogP contribution is -2.28. The monoisotopic (exact) mass is 312 g/mol. The van der Waals surface area contributed by atoms with Crippen LogP contribution in [0.5, 0.6) is 0 Å². The maximum atomic E-state index is 13.1. The third kappa shape index (κ3) is 3.24. The Morgan fingerprint density at radius 2 is 1.86 bits per heavy atom. The van der Waals surface area contributed by atoms with Crippen molar-refractivity contribution in [3.63, 3.8) is 0 Å². The molecule has 3 rings (SSSR count). The van der Waals surface area contributed by atoms with Crippen LogP contribution in [0, 0.1) is 5.92 Å². The summed E-state index contributed by atoms with van der Waals surface area (Å²) in [6, 6.07) is 4.34. The molecule has 1 unspecified atom stereocenters. The summed E-state index contributed by atoms with van der Waals surface area (Å²) in [5, 5.41) is 3.32. The maximum absolute atomic E-state index is 13.1. The van der Waals surface area contributed by atoms with E-state index < -0.39 is 11.7 Å². The van der Waals surface area contributed by atoms with Gasteiger partial charge in [-0.3, -0.25) is 0 Å². The van der Waals surface area contributed by atoms with Crippen molar-refractivity contribution in [2.24, 2.45) is 5.92 Å². The van der Waals surface area contributed by atoms with Crippen molar-refractivity contribution in [1.29, 1.82) is 0 Å². The molecule has 1 aromatic rings. The SMILES string of the molecule is CC1CCN(c2cc(C(F)(F)F)ccc2C2CCNCC2)C1. The third-order valence-corrected chi connectivity index (χ3v) is 4.90. The standard InChI is InChI=1S/C17H23F3N2/c1-12-6-9-22(11-12)16-10-14(17(18,19)20)2-3-15(16)13-4-7-21-8-5-13/h2-3,10,12-13,21H,4-9,11H2,1H3. The van der Waals surface area contributed by atoms with Gasteiger partial charge in [0.1, 0.15) is 0 Å². The minimum absolute atomic E-state index is 0.370. The fraction of sp³-hybridized carbons (Fsp3) is 0.647. The first-order chi connectivity index (χ1) is 10.4. The molecule has 2 saturated heterocycles. The van der Waals surface area contributed by atoms with Crippen LogP contribution in [0.3, 0.4) is 0 Å². The summed E-state index contributed by atoms with van der Waals surface area (Å²) in [5.74, 6) is 0.921. The maximum Gasteiger partial charge on any atom is 0.416 e. The van der Waals surface area contributed by atoms with Gasteiger partial charge in [-0.25, -0.2) is 0 Å². The summed E-state index contributed by atoms with van der Waals surface area (Å²) in [6.45, 7) is 5.78. The molecule has 1 aromatic carbocycles. The molecule has 2 heterocycles. The number of alkyl halides is 3. The van der Waals surface area contributed by atoms with Gasteiger partial charge in [0.25, 0.3) is 0 Å². The van der Waals surface area contributed by atoms with Crippen molar-refractivity contribution in [3.8, 4) is 0 Å². The molecule has 5 heteroatoms. The topological polar surface area (TPSA) is 15.3 Å². The molecular weight excluding hydrogens is 289 g/mol. The number of piperidine rings is 1. The molecule has 0 radical (unpaired) electrons. The first kappa shape index (κ1) is 15.7. The summed E-state index contributed by atoms with van der Waals surface area (Å²) >= 11 is 0. The van der Waals surface area contributed by atoms with Crippen LogP contribution in [-0.2, 0) is 6.18 Å². The first-order valence-electron chi connectivity index (χ1n) is 8.12. The van der Waals surface area contributed by atoms with Crippen molar-refractivity contribution in [3.05, 3.63) is 29.3 Å². The fourth-order valence-electron chi connectivity index (χ4n) is 3.63. The second-order valence-corrected chi connectivity index (χ2v) is 6.64. The lowest BCUT2D eigenvalue weighted by atomic mass is 9.88. The molecule has 0 aromatic heterocycles. The number of benzene rings is 1. The van der Waals surface area contributed by atoms with Gasteiger partial charge in [0.2, 0.25) is 0 Å². The molecule has 0 spiro atoms. The Balaban J connectivity index is 1.97. The van der Waals surface area contributed by atoms with E-state index in [1.807, 2.05) is 0 Å². The van der Waals surface area contributed by atoms with E-state index >= 15 is 0 Å².